The van der Waals surface area contributed by atoms with Gasteiger partial charge in [0.2, 0.25) is 0 Å². The molecule has 0 amide bonds. The van der Waals surface area contributed by atoms with Crippen LogP contribution in [-0.4, -0.2) is 0 Å². The van der Waals surface area contributed by atoms with E-state index in [1.165, 1.54) is 85.6 Å². The second-order valence-corrected chi connectivity index (χ2v) is 14.4. The molecule has 5 aromatic rings. The minimum absolute atomic E-state index is 0.122. The number of hydrogen-bond donors (Lipinski definition) is 0. The highest BCUT2D eigenvalue weighted by atomic mass is 14.6. The molecule has 0 heterocycles. The minimum atomic E-state index is -0.135. The smallest absolute Gasteiger partial charge is 0.0121 e. The lowest BCUT2D eigenvalue weighted by Crippen LogP contribution is -2.54. The molecule has 0 N–H and O–H groups in total. The number of hydrogen-bond acceptors (Lipinski definition) is 0. The van der Waals surface area contributed by atoms with E-state index in [0.29, 0.717) is 5.92 Å². The summed E-state index contributed by atoms with van der Waals surface area (Å²) in [4.78, 5) is 0. The molecule has 0 aliphatic carbocycles. The molecule has 0 nitrogen and oxygen atoms in total. The van der Waals surface area contributed by atoms with Crippen LogP contribution in [0, 0.1) is 0 Å². The van der Waals surface area contributed by atoms with E-state index in [4.69, 9.17) is 0 Å². The summed E-state index contributed by atoms with van der Waals surface area (Å²) in [6, 6.07) is 57.9. The van der Waals surface area contributed by atoms with Crippen molar-refractivity contribution in [2.24, 2.45) is 0 Å². The molecule has 0 saturated carbocycles. The normalized spacial score (nSPS) is 14.5. The van der Waals surface area contributed by atoms with Crippen LogP contribution in [0.5, 0.6) is 0 Å². The van der Waals surface area contributed by atoms with Gasteiger partial charge in [-0.2, -0.15) is 0 Å². The van der Waals surface area contributed by atoms with Crippen molar-refractivity contribution in [2.45, 2.75) is 120 Å². The first-order chi connectivity index (χ1) is 24.2. The molecule has 0 saturated heterocycles. The van der Waals surface area contributed by atoms with Crippen molar-refractivity contribution >= 4 is 0 Å². The third kappa shape index (κ3) is 9.21. The van der Waals surface area contributed by atoms with Crippen LogP contribution in [0.15, 0.2) is 152 Å². The van der Waals surface area contributed by atoms with Crippen LogP contribution < -0.4 is 0 Å². The monoisotopic (exact) mass is 648 g/mol. The van der Waals surface area contributed by atoms with Gasteiger partial charge in [-0.3, -0.25) is 0 Å². The zero-order chi connectivity index (χ0) is 34.0. The molecule has 49 heavy (non-hydrogen) atoms. The van der Waals surface area contributed by atoms with E-state index < -0.39 is 0 Å². The largest absolute Gasteiger partial charge is 0.0654 e. The zero-order valence-corrected chi connectivity index (χ0v) is 30.4. The Morgan fingerprint density at radius 3 is 1.51 bits per heavy atom. The van der Waals surface area contributed by atoms with Crippen LogP contribution in [0.1, 0.15) is 125 Å². The van der Waals surface area contributed by atoms with Gasteiger partial charge in [0.1, 0.15) is 0 Å². The lowest BCUT2D eigenvalue weighted by Gasteiger charge is -2.57. The Morgan fingerprint density at radius 1 is 0.429 bits per heavy atom. The van der Waals surface area contributed by atoms with Gasteiger partial charge in [-0.15, -0.1) is 0 Å². The fraction of sp³-hybridized carbons (Fsp3) is 0.388. The van der Waals surface area contributed by atoms with Gasteiger partial charge < -0.3 is 0 Å². The molecular weight excluding hydrogens is 589 g/mol. The maximum atomic E-state index is 2.49. The minimum Gasteiger partial charge on any atom is -0.0654 e. The first kappa shape index (κ1) is 36.4. The lowest BCUT2D eigenvalue weighted by molar-refractivity contribution is 0.127. The van der Waals surface area contributed by atoms with Crippen molar-refractivity contribution in [2.75, 3.05) is 0 Å². The van der Waals surface area contributed by atoms with Gasteiger partial charge in [0.25, 0.3) is 0 Å². The number of aryl methyl sites for hydroxylation is 1. The summed E-state index contributed by atoms with van der Waals surface area (Å²) >= 11 is 0. The highest BCUT2D eigenvalue weighted by molar-refractivity contribution is 5.46. The van der Waals surface area contributed by atoms with Crippen LogP contribution in [0.4, 0.5) is 0 Å². The highest BCUT2D eigenvalue weighted by Gasteiger charge is 2.56. The van der Waals surface area contributed by atoms with Crippen LogP contribution in [-0.2, 0) is 23.7 Å². The summed E-state index contributed by atoms with van der Waals surface area (Å²) in [6.07, 6.45) is 17.1. The van der Waals surface area contributed by atoms with Gasteiger partial charge >= 0.3 is 0 Å². The molecule has 5 aromatic carbocycles. The molecule has 0 bridgehead atoms. The zero-order valence-electron chi connectivity index (χ0n) is 30.4. The number of rotatable bonds is 21. The van der Waals surface area contributed by atoms with Crippen LogP contribution >= 0.6 is 0 Å². The molecule has 3 atom stereocenters. The SMILES string of the molecule is CCCCCCCCC(c1ccccc1)C(CCCC)(c1ccccc1)C(CCCc1ccccc1)(Cc1ccccc1)c1ccccc1. The van der Waals surface area contributed by atoms with Gasteiger partial charge in [0.15, 0.2) is 0 Å². The van der Waals surface area contributed by atoms with Crippen LogP contribution in [0.25, 0.3) is 0 Å². The molecule has 0 spiro atoms. The average molecular weight is 649 g/mol. The first-order valence-electron chi connectivity index (χ1n) is 19.5. The third-order valence-corrected chi connectivity index (χ3v) is 11.3. The van der Waals surface area contributed by atoms with Crippen molar-refractivity contribution in [3.63, 3.8) is 0 Å². The van der Waals surface area contributed by atoms with Gasteiger partial charge in [0.05, 0.1) is 0 Å². The summed E-state index contributed by atoms with van der Waals surface area (Å²) < 4.78 is 0. The molecule has 5 rings (SSSR count). The topological polar surface area (TPSA) is 0 Å². The predicted octanol–water partition coefficient (Wildman–Crippen LogP) is 13.9. The maximum Gasteiger partial charge on any atom is 0.0121 e. The van der Waals surface area contributed by atoms with E-state index in [0.717, 1.165) is 32.1 Å². The van der Waals surface area contributed by atoms with Gasteiger partial charge in [-0.1, -0.05) is 217 Å². The molecular formula is C49H60. The molecule has 3 unspecified atom stereocenters. The van der Waals surface area contributed by atoms with E-state index >= 15 is 0 Å². The third-order valence-electron chi connectivity index (χ3n) is 11.3. The molecule has 0 aromatic heterocycles. The van der Waals surface area contributed by atoms with Crippen molar-refractivity contribution < 1.29 is 0 Å². The van der Waals surface area contributed by atoms with E-state index in [1.807, 2.05) is 0 Å². The van der Waals surface area contributed by atoms with E-state index in [1.54, 1.807) is 0 Å². The number of unbranched alkanes of at least 4 members (excludes halogenated alkanes) is 6. The van der Waals surface area contributed by atoms with Gasteiger partial charge in [0, 0.05) is 10.8 Å². The highest BCUT2D eigenvalue weighted by Crippen LogP contribution is 2.60. The summed E-state index contributed by atoms with van der Waals surface area (Å²) in [6.45, 7) is 4.71. The second-order valence-electron chi connectivity index (χ2n) is 14.4. The molecule has 256 valence electrons. The standard InChI is InChI=1S/C49H60/c1-3-5-7-8-9-25-38-47(44-32-19-12-20-33-44)49(40-6-4-2,46-36-23-14-24-37-46)48(45-34-21-13-22-35-45,41-43-29-17-11-18-30-43)39-26-31-42-27-15-10-16-28-42/h10-24,27-30,32-37,47H,3-9,25-26,31,38-41H2,1-2H3. The van der Waals surface area contributed by atoms with Crippen molar-refractivity contribution in [3.05, 3.63) is 179 Å². The molecule has 0 aliphatic heterocycles. The van der Waals surface area contributed by atoms with Crippen LogP contribution in [0.2, 0.25) is 0 Å². The summed E-state index contributed by atoms with van der Waals surface area (Å²) in [7, 11) is 0. The molecule has 0 fully saturated rings. The maximum absolute atomic E-state index is 2.49. The number of benzene rings is 5. The summed E-state index contributed by atoms with van der Waals surface area (Å²) in [5.74, 6) is 0.384. The van der Waals surface area contributed by atoms with Crippen LogP contribution in [0.3, 0.4) is 0 Å². The van der Waals surface area contributed by atoms with Crippen molar-refractivity contribution in [1.29, 1.82) is 0 Å². The predicted molar refractivity (Wildman–Crippen MR) is 212 cm³/mol. The fourth-order valence-corrected chi connectivity index (χ4v) is 8.99. The molecule has 0 radical (unpaired) electrons. The Bertz CT molecular complexity index is 1560. The van der Waals surface area contributed by atoms with Gasteiger partial charge in [-0.25, -0.2) is 0 Å². The summed E-state index contributed by atoms with van der Waals surface area (Å²) in [5, 5.41) is 0. The van der Waals surface area contributed by atoms with Crippen molar-refractivity contribution in [3.8, 4) is 0 Å². The van der Waals surface area contributed by atoms with E-state index in [9.17, 15) is 0 Å². The van der Waals surface area contributed by atoms with Gasteiger partial charge in [-0.05, 0) is 72.3 Å². The summed E-state index contributed by atoms with van der Waals surface area (Å²) in [5.41, 5.74) is 7.14. The molecule has 0 heteroatoms. The van der Waals surface area contributed by atoms with E-state index in [-0.39, 0.29) is 10.8 Å². The Labute approximate surface area is 299 Å². The Balaban J connectivity index is 1.77. The molecule has 0 aliphatic rings. The Hall–Kier alpha value is -3.90. The second kappa shape index (κ2) is 19.3. The van der Waals surface area contributed by atoms with E-state index in [2.05, 4.69) is 166 Å². The Kier molecular flexibility index (Phi) is 14.4. The quantitative estimate of drug-likeness (QED) is 0.0695. The fourth-order valence-electron chi connectivity index (χ4n) is 8.99. The first-order valence-corrected chi connectivity index (χ1v) is 19.5. The average Bonchev–Trinajstić information content (AvgIpc) is 3.17. The lowest BCUT2D eigenvalue weighted by atomic mass is 9.45. The Morgan fingerprint density at radius 2 is 0.918 bits per heavy atom. The van der Waals surface area contributed by atoms with Crippen molar-refractivity contribution in [1.82, 2.24) is 0 Å².